The summed E-state index contributed by atoms with van der Waals surface area (Å²) in [5.41, 5.74) is 0.358. The summed E-state index contributed by atoms with van der Waals surface area (Å²) in [5, 5.41) is 0. The summed E-state index contributed by atoms with van der Waals surface area (Å²) < 4.78 is 5.21. The highest BCUT2D eigenvalue weighted by atomic mass is 79.9. The Morgan fingerprint density at radius 1 is 1.90 bits per heavy atom. The van der Waals surface area contributed by atoms with Crippen molar-refractivity contribution in [2.45, 2.75) is 18.2 Å². The van der Waals surface area contributed by atoms with Crippen molar-refractivity contribution in [3.8, 4) is 12.3 Å². The van der Waals surface area contributed by atoms with Gasteiger partial charge in [-0.25, -0.2) is 0 Å². The molecule has 0 aromatic carbocycles. The second kappa shape index (κ2) is 2.94. The van der Waals surface area contributed by atoms with Crippen LogP contribution in [0.1, 0.15) is 13.3 Å². The van der Waals surface area contributed by atoms with Crippen LogP contribution in [0.2, 0.25) is 0 Å². The van der Waals surface area contributed by atoms with E-state index in [1.807, 2.05) is 0 Å². The number of alkyl halides is 1. The van der Waals surface area contributed by atoms with Gasteiger partial charge in [0.1, 0.15) is 6.61 Å². The fraction of sp³-hybridized carbons (Fsp3) is 0.750. The van der Waals surface area contributed by atoms with Crippen LogP contribution in [0, 0.1) is 17.8 Å². The number of halogens is 1. The third-order valence-electron chi connectivity index (χ3n) is 1.86. The molecular formula is C8H11BrO. The van der Waals surface area contributed by atoms with E-state index in [2.05, 4.69) is 28.8 Å². The number of terminal acetylenes is 1. The van der Waals surface area contributed by atoms with Gasteiger partial charge in [-0.3, -0.25) is 0 Å². The van der Waals surface area contributed by atoms with Crippen molar-refractivity contribution in [3.05, 3.63) is 0 Å². The molecule has 1 nitrogen and oxygen atoms in total. The molecule has 1 rings (SSSR count). The first-order valence-electron chi connectivity index (χ1n) is 3.34. The molecule has 56 valence electrons. The number of rotatable bonds is 3. The Kier molecular flexibility index (Phi) is 2.38. The van der Waals surface area contributed by atoms with Crippen molar-refractivity contribution in [2.24, 2.45) is 5.41 Å². The number of hydrogen-bond acceptors (Lipinski definition) is 1. The van der Waals surface area contributed by atoms with Crippen LogP contribution in [0.5, 0.6) is 0 Å². The molecule has 1 aliphatic rings. The highest BCUT2D eigenvalue weighted by molar-refractivity contribution is 9.09. The molecule has 1 fully saturated rings. The Morgan fingerprint density at radius 3 is 2.90 bits per heavy atom. The Hall–Kier alpha value is 0. The molecule has 0 amide bonds. The lowest BCUT2D eigenvalue weighted by atomic mass is 10.2. The minimum absolute atomic E-state index is 0.358. The van der Waals surface area contributed by atoms with Gasteiger partial charge >= 0.3 is 0 Å². The van der Waals surface area contributed by atoms with Gasteiger partial charge in [-0.15, -0.1) is 6.42 Å². The molecule has 2 heteroatoms. The Bertz CT molecular complexity index is 161. The molecule has 0 aliphatic heterocycles. The van der Waals surface area contributed by atoms with Crippen LogP contribution < -0.4 is 0 Å². The predicted molar refractivity (Wildman–Crippen MR) is 45.1 cm³/mol. The van der Waals surface area contributed by atoms with E-state index in [4.69, 9.17) is 11.2 Å². The zero-order valence-electron chi connectivity index (χ0n) is 6.06. The van der Waals surface area contributed by atoms with Crippen LogP contribution in [0.15, 0.2) is 0 Å². The van der Waals surface area contributed by atoms with Gasteiger partial charge in [0.25, 0.3) is 0 Å². The van der Waals surface area contributed by atoms with E-state index < -0.39 is 0 Å². The van der Waals surface area contributed by atoms with E-state index in [0.29, 0.717) is 16.8 Å². The van der Waals surface area contributed by atoms with E-state index in [-0.39, 0.29) is 0 Å². The van der Waals surface area contributed by atoms with Gasteiger partial charge in [-0.05, 0) is 6.42 Å². The third-order valence-corrected chi connectivity index (χ3v) is 3.29. The highest BCUT2D eigenvalue weighted by Crippen LogP contribution is 2.51. The molecule has 1 aliphatic carbocycles. The normalized spacial score (nSPS) is 37.1. The van der Waals surface area contributed by atoms with E-state index in [1.165, 1.54) is 6.42 Å². The van der Waals surface area contributed by atoms with Gasteiger partial charge in [0.15, 0.2) is 0 Å². The maximum atomic E-state index is 5.21. The first kappa shape index (κ1) is 8.10. The maximum Gasteiger partial charge on any atom is 0.107 e. The zero-order chi connectivity index (χ0) is 7.61. The van der Waals surface area contributed by atoms with Crippen molar-refractivity contribution >= 4 is 15.9 Å². The Balaban J connectivity index is 2.10. The third kappa shape index (κ3) is 1.74. The average Bonchev–Trinajstić information content (AvgIpc) is 2.42. The van der Waals surface area contributed by atoms with Crippen LogP contribution in [-0.2, 0) is 4.74 Å². The second-order valence-corrected chi connectivity index (χ2v) is 4.13. The molecule has 0 bridgehead atoms. The van der Waals surface area contributed by atoms with Gasteiger partial charge in [0.05, 0.1) is 6.61 Å². The van der Waals surface area contributed by atoms with Gasteiger partial charge in [0, 0.05) is 10.2 Å². The molecule has 0 spiro atoms. The minimum Gasteiger partial charge on any atom is -0.368 e. The standard InChI is InChI=1S/C8H11BrO/c1-3-4-10-6-8(2)5-7(8)9/h1,7H,4-6H2,2H3/t7-,8-/m1/s1. The van der Waals surface area contributed by atoms with Crippen molar-refractivity contribution < 1.29 is 4.74 Å². The summed E-state index contributed by atoms with van der Waals surface area (Å²) in [6, 6.07) is 0. The van der Waals surface area contributed by atoms with Gasteiger partial charge in [-0.1, -0.05) is 28.8 Å². The quantitative estimate of drug-likeness (QED) is 0.386. The van der Waals surface area contributed by atoms with Crippen LogP contribution >= 0.6 is 15.9 Å². The van der Waals surface area contributed by atoms with Crippen LogP contribution in [-0.4, -0.2) is 18.0 Å². The lowest BCUT2D eigenvalue weighted by Crippen LogP contribution is -2.08. The summed E-state index contributed by atoms with van der Waals surface area (Å²) in [6.45, 7) is 3.42. The monoisotopic (exact) mass is 202 g/mol. The van der Waals surface area contributed by atoms with Crippen molar-refractivity contribution in [3.63, 3.8) is 0 Å². The SMILES string of the molecule is C#CCOC[C@@]1(C)C[C@H]1Br. The Morgan fingerprint density at radius 2 is 2.50 bits per heavy atom. The summed E-state index contributed by atoms with van der Waals surface area (Å²) in [4.78, 5) is 0.637. The lowest BCUT2D eigenvalue weighted by molar-refractivity contribution is 0.125. The fourth-order valence-corrected chi connectivity index (χ4v) is 1.71. The Labute approximate surface area is 70.3 Å². The first-order valence-corrected chi connectivity index (χ1v) is 4.26. The molecule has 1 saturated carbocycles. The molecule has 0 unspecified atom stereocenters. The van der Waals surface area contributed by atoms with Crippen LogP contribution in [0.25, 0.3) is 0 Å². The van der Waals surface area contributed by atoms with Crippen molar-refractivity contribution in [1.82, 2.24) is 0 Å². The average molecular weight is 203 g/mol. The minimum atomic E-state index is 0.358. The second-order valence-electron chi connectivity index (χ2n) is 3.02. The predicted octanol–water partition coefficient (Wildman–Crippen LogP) is 1.81. The molecule has 0 radical (unpaired) electrons. The molecule has 0 heterocycles. The van der Waals surface area contributed by atoms with Gasteiger partial charge < -0.3 is 4.74 Å². The molecular weight excluding hydrogens is 192 g/mol. The molecule has 0 saturated heterocycles. The largest absolute Gasteiger partial charge is 0.368 e. The molecule has 2 atom stereocenters. The van der Waals surface area contributed by atoms with Crippen LogP contribution in [0.3, 0.4) is 0 Å². The smallest absolute Gasteiger partial charge is 0.107 e. The zero-order valence-corrected chi connectivity index (χ0v) is 7.65. The van der Waals surface area contributed by atoms with Crippen LogP contribution in [0.4, 0.5) is 0 Å². The maximum absolute atomic E-state index is 5.21. The number of ether oxygens (including phenoxy) is 1. The summed E-state index contributed by atoms with van der Waals surface area (Å²) >= 11 is 3.53. The first-order chi connectivity index (χ1) is 4.69. The van der Waals surface area contributed by atoms with Gasteiger partial charge in [0.2, 0.25) is 0 Å². The fourth-order valence-electron chi connectivity index (χ4n) is 0.843. The summed E-state index contributed by atoms with van der Waals surface area (Å²) in [6.07, 6.45) is 6.23. The number of hydrogen-bond donors (Lipinski definition) is 0. The summed E-state index contributed by atoms with van der Waals surface area (Å²) in [5.74, 6) is 2.45. The van der Waals surface area contributed by atoms with Gasteiger partial charge in [-0.2, -0.15) is 0 Å². The molecule has 0 aromatic heterocycles. The molecule has 0 N–H and O–H groups in total. The summed E-state index contributed by atoms with van der Waals surface area (Å²) in [7, 11) is 0. The van der Waals surface area contributed by atoms with E-state index in [1.54, 1.807) is 0 Å². The molecule has 0 aromatic rings. The lowest BCUT2D eigenvalue weighted by Gasteiger charge is -2.06. The topological polar surface area (TPSA) is 9.23 Å². The van der Waals surface area contributed by atoms with E-state index >= 15 is 0 Å². The van der Waals surface area contributed by atoms with E-state index in [0.717, 1.165) is 6.61 Å². The van der Waals surface area contributed by atoms with Crippen molar-refractivity contribution in [2.75, 3.05) is 13.2 Å². The molecule has 10 heavy (non-hydrogen) atoms. The highest BCUT2D eigenvalue weighted by Gasteiger charge is 2.48. The van der Waals surface area contributed by atoms with Crippen molar-refractivity contribution in [1.29, 1.82) is 0 Å². The van der Waals surface area contributed by atoms with E-state index in [9.17, 15) is 0 Å².